The molecule has 0 saturated heterocycles. The third-order valence-electron chi connectivity index (χ3n) is 0.977. The molecule has 0 amide bonds. The van der Waals surface area contributed by atoms with E-state index in [0.29, 0.717) is 10.7 Å². The maximum absolute atomic E-state index is 10.6. The summed E-state index contributed by atoms with van der Waals surface area (Å²) in [5.74, 6) is 0.711. The summed E-state index contributed by atoms with van der Waals surface area (Å²) in [5.41, 5.74) is 0. The number of nitrogens with one attached hydrogen (secondary N) is 1. The van der Waals surface area contributed by atoms with Gasteiger partial charge in [0.05, 0.1) is 0 Å². The number of aromatic nitrogens is 1. The SMILES string of the molecule is CNc1cc(C(=O)S)sn1. The molecule has 0 atom stereocenters. The van der Waals surface area contributed by atoms with Gasteiger partial charge in [0.15, 0.2) is 0 Å². The predicted molar refractivity (Wildman–Crippen MR) is 45.0 cm³/mol. The molecule has 0 unspecified atom stereocenters. The summed E-state index contributed by atoms with van der Waals surface area (Å²) in [6.07, 6.45) is 0. The fraction of sp³-hybridized carbons (Fsp3) is 0.200. The van der Waals surface area contributed by atoms with Gasteiger partial charge in [0.2, 0.25) is 5.12 Å². The first-order valence-electron chi connectivity index (χ1n) is 2.62. The van der Waals surface area contributed by atoms with Gasteiger partial charge < -0.3 is 5.32 Å². The second-order valence-electron chi connectivity index (χ2n) is 1.63. The Balaban J connectivity index is 2.88. The largest absolute Gasteiger partial charge is 0.372 e. The van der Waals surface area contributed by atoms with Crippen molar-refractivity contribution in [2.45, 2.75) is 0 Å². The quantitative estimate of drug-likeness (QED) is 0.663. The van der Waals surface area contributed by atoms with E-state index in [9.17, 15) is 4.79 Å². The maximum atomic E-state index is 10.6. The molecule has 0 aliphatic rings. The lowest BCUT2D eigenvalue weighted by atomic mass is 10.5. The van der Waals surface area contributed by atoms with Crippen molar-refractivity contribution in [2.24, 2.45) is 0 Å². The van der Waals surface area contributed by atoms with E-state index >= 15 is 0 Å². The molecular weight excluding hydrogens is 168 g/mol. The van der Waals surface area contributed by atoms with Crippen LogP contribution in [0.4, 0.5) is 5.82 Å². The summed E-state index contributed by atoms with van der Waals surface area (Å²) in [6, 6.07) is 1.67. The van der Waals surface area contributed by atoms with Crippen LogP contribution < -0.4 is 5.32 Å². The lowest BCUT2D eigenvalue weighted by molar-refractivity contribution is 0.109. The standard InChI is InChI=1S/C5H6N2OS2/c1-6-4-2-3(5(8)9)10-7-4/h2H,1H3,(H,6,7)(H,8,9). The summed E-state index contributed by atoms with van der Waals surface area (Å²) in [5, 5.41) is 2.58. The molecule has 0 saturated carbocycles. The molecule has 0 aliphatic heterocycles. The molecule has 0 spiro atoms. The molecule has 0 aromatic carbocycles. The van der Waals surface area contributed by atoms with Gasteiger partial charge in [0.25, 0.3) is 0 Å². The van der Waals surface area contributed by atoms with Crippen LogP contribution in [0.25, 0.3) is 0 Å². The second kappa shape index (κ2) is 3.03. The molecule has 1 aromatic heterocycles. The highest BCUT2D eigenvalue weighted by molar-refractivity contribution is 7.97. The van der Waals surface area contributed by atoms with Crippen LogP contribution in [0.5, 0.6) is 0 Å². The Kier molecular flexibility index (Phi) is 2.29. The minimum absolute atomic E-state index is 0.237. The van der Waals surface area contributed by atoms with E-state index in [1.165, 1.54) is 0 Å². The zero-order valence-electron chi connectivity index (χ0n) is 5.29. The molecule has 1 rings (SSSR count). The van der Waals surface area contributed by atoms with Gasteiger partial charge in [0, 0.05) is 13.1 Å². The number of thiol groups is 1. The molecule has 0 bridgehead atoms. The second-order valence-corrected chi connectivity index (χ2v) is 2.84. The van der Waals surface area contributed by atoms with E-state index in [2.05, 4.69) is 22.3 Å². The lowest BCUT2D eigenvalue weighted by Gasteiger charge is -1.85. The van der Waals surface area contributed by atoms with Crippen LogP contribution in [0.15, 0.2) is 6.07 Å². The van der Waals surface area contributed by atoms with Crippen LogP contribution in [-0.2, 0) is 0 Å². The summed E-state index contributed by atoms with van der Waals surface area (Å²) >= 11 is 4.79. The average molecular weight is 174 g/mol. The van der Waals surface area contributed by atoms with Crippen LogP contribution >= 0.6 is 24.2 Å². The summed E-state index contributed by atoms with van der Waals surface area (Å²) in [6.45, 7) is 0. The number of rotatable bonds is 2. The smallest absolute Gasteiger partial charge is 0.227 e. The third kappa shape index (κ3) is 1.48. The van der Waals surface area contributed by atoms with E-state index < -0.39 is 0 Å². The van der Waals surface area contributed by atoms with Crippen molar-refractivity contribution in [3.8, 4) is 0 Å². The highest BCUT2D eigenvalue weighted by Crippen LogP contribution is 2.15. The van der Waals surface area contributed by atoms with Gasteiger partial charge in [-0.05, 0) is 11.5 Å². The topological polar surface area (TPSA) is 42.0 Å². The van der Waals surface area contributed by atoms with Crippen molar-refractivity contribution in [2.75, 3.05) is 12.4 Å². The van der Waals surface area contributed by atoms with Gasteiger partial charge in [0.1, 0.15) is 10.7 Å². The number of carbonyl (C=O) groups is 1. The molecule has 1 N–H and O–H groups in total. The van der Waals surface area contributed by atoms with Crippen LogP contribution in [0, 0.1) is 0 Å². The Labute approximate surface area is 68.0 Å². The van der Waals surface area contributed by atoms with E-state index in [4.69, 9.17) is 0 Å². The molecule has 10 heavy (non-hydrogen) atoms. The molecule has 3 nitrogen and oxygen atoms in total. The van der Waals surface area contributed by atoms with Crippen molar-refractivity contribution in [3.05, 3.63) is 10.9 Å². The van der Waals surface area contributed by atoms with Crippen molar-refractivity contribution in [1.82, 2.24) is 4.37 Å². The number of carbonyl (C=O) groups excluding carboxylic acids is 1. The Hall–Kier alpha value is -0.550. The molecule has 0 aliphatic carbocycles. The third-order valence-corrected chi connectivity index (χ3v) is 2.16. The number of hydrogen-bond donors (Lipinski definition) is 2. The van der Waals surface area contributed by atoms with Gasteiger partial charge in [-0.25, -0.2) is 0 Å². The van der Waals surface area contributed by atoms with Gasteiger partial charge in [-0.15, -0.1) is 0 Å². The van der Waals surface area contributed by atoms with Crippen molar-refractivity contribution in [1.29, 1.82) is 0 Å². The van der Waals surface area contributed by atoms with Gasteiger partial charge in [-0.3, -0.25) is 4.79 Å². The minimum atomic E-state index is -0.237. The van der Waals surface area contributed by atoms with Crippen LogP contribution in [-0.4, -0.2) is 16.5 Å². The Morgan fingerprint density at radius 2 is 2.60 bits per heavy atom. The number of hydrogen-bond acceptors (Lipinski definition) is 4. The summed E-state index contributed by atoms with van der Waals surface area (Å²) < 4.78 is 3.92. The van der Waals surface area contributed by atoms with E-state index in [1.54, 1.807) is 13.1 Å². The number of nitrogens with zero attached hydrogens (tertiary/aromatic N) is 1. The van der Waals surface area contributed by atoms with E-state index in [1.807, 2.05) is 0 Å². The lowest BCUT2D eigenvalue weighted by Crippen LogP contribution is -1.86. The van der Waals surface area contributed by atoms with E-state index in [-0.39, 0.29) is 5.12 Å². The summed E-state index contributed by atoms with van der Waals surface area (Å²) in [4.78, 5) is 11.1. The fourth-order valence-corrected chi connectivity index (χ4v) is 1.26. The molecule has 54 valence electrons. The predicted octanol–water partition coefficient (Wildman–Crippen LogP) is 1.25. The first kappa shape index (κ1) is 7.56. The van der Waals surface area contributed by atoms with Gasteiger partial charge in [-0.1, -0.05) is 12.6 Å². The highest BCUT2D eigenvalue weighted by atomic mass is 32.1. The Bertz CT molecular complexity index is 246. The molecule has 0 fully saturated rings. The summed E-state index contributed by atoms with van der Waals surface area (Å²) in [7, 11) is 1.75. The first-order valence-corrected chi connectivity index (χ1v) is 3.84. The van der Waals surface area contributed by atoms with Crippen molar-refractivity contribution in [3.63, 3.8) is 0 Å². The molecule has 0 radical (unpaired) electrons. The molecular formula is C5H6N2OS2. The van der Waals surface area contributed by atoms with Gasteiger partial charge >= 0.3 is 0 Å². The Morgan fingerprint density at radius 3 is 2.90 bits per heavy atom. The van der Waals surface area contributed by atoms with Crippen LogP contribution in [0.2, 0.25) is 0 Å². The molecule has 1 heterocycles. The monoisotopic (exact) mass is 174 g/mol. The van der Waals surface area contributed by atoms with Crippen LogP contribution in [0.3, 0.4) is 0 Å². The van der Waals surface area contributed by atoms with Gasteiger partial charge in [-0.2, -0.15) is 4.37 Å². The van der Waals surface area contributed by atoms with Crippen molar-refractivity contribution < 1.29 is 4.79 Å². The first-order chi connectivity index (χ1) is 4.74. The average Bonchev–Trinajstić information content (AvgIpc) is 2.34. The highest BCUT2D eigenvalue weighted by Gasteiger charge is 2.04. The maximum Gasteiger partial charge on any atom is 0.227 e. The zero-order chi connectivity index (χ0) is 7.56. The normalized spacial score (nSPS) is 9.40. The molecule has 5 heteroatoms. The van der Waals surface area contributed by atoms with Crippen LogP contribution in [0.1, 0.15) is 9.67 Å². The number of anilines is 1. The van der Waals surface area contributed by atoms with Crippen molar-refractivity contribution >= 4 is 35.1 Å². The Morgan fingerprint density at radius 1 is 1.90 bits per heavy atom. The zero-order valence-corrected chi connectivity index (χ0v) is 7.00. The van der Waals surface area contributed by atoms with E-state index in [0.717, 1.165) is 11.5 Å². The molecule has 1 aromatic rings. The fourth-order valence-electron chi connectivity index (χ4n) is 0.494. The minimum Gasteiger partial charge on any atom is -0.372 e.